The molecule has 0 fully saturated rings. The van der Waals surface area contributed by atoms with Gasteiger partial charge in [-0.05, 0) is 72.4 Å². The first-order chi connectivity index (χ1) is 13.4. The lowest BCUT2D eigenvalue weighted by Gasteiger charge is -2.27. The number of aryl methyl sites for hydroxylation is 2. The van der Waals surface area contributed by atoms with Gasteiger partial charge in [0.2, 0.25) is 0 Å². The van der Waals surface area contributed by atoms with E-state index in [1.165, 1.54) is 0 Å². The number of carbonyl (C=O) groups is 2. The van der Waals surface area contributed by atoms with E-state index in [2.05, 4.69) is 9.94 Å². The molecule has 0 aliphatic heterocycles. The summed E-state index contributed by atoms with van der Waals surface area (Å²) in [6.45, 7) is 17.8. The second kappa shape index (κ2) is 7.07. The highest BCUT2D eigenvalue weighted by molar-refractivity contribution is 6.12. The molecule has 0 atom stereocenters. The average molecular weight is 398 g/mol. The number of amides is 2. The van der Waals surface area contributed by atoms with Crippen LogP contribution < -0.4 is 4.90 Å². The summed E-state index contributed by atoms with van der Waals surface area (Å²) in [5, 5.41) is 4.48. The maximum Gasteiger partial charge on any atom is 0.424 e. The minimum Gasteiger partial charge on any atom is -0.443 e. The van der Waals surface area contributed by atoms with Crippen LogP contribution in [0, 0.1) is 6.57 Å². The van der Waals surface area contributed by atoms with Gasteiger partial charge in [0.05, 0.1) is 12.1 Å². The van der Waals surface area contributed by atoms with E-state index in [9.17, 15) is 9.59 Å². The molecule has 2 aromatic rings. The van der Waals surface area contributed by atoms with Crippen molar-refractivity contribution in [3.05, 3.63) is 34.8 Å². The molecule has 0 saturated heterocycles. The third kappa shape index (κ3) is 4.19. The molecule has 0 aromatic carbocycles. The average Bonchev–Trinajstić information content (AvgIpc) is 3.14. The van der Waals surface area contributed by atoms with E-state index in [0.717, 1.165) is 35.4 Å². The third-order valence-electron chi connectivity index (χ3n) is 4.28. The van der Waals surface area contributed by atoms with Gasteiger partial charge < -0.3 is 9.47 Å². The summed E-state index contributed by atoms with van der Waals surface area (Å²) >= 11 is 0. The van der Waals surface area contributed by atoms with Crippen LogP contribution in [0.15, 0.2) is 12.1 Å². The Bertz CT molecular complexity index is 990. The van der Waals surface area contributed by atoms with Crippen molar-refractivity contribution in [3.63, 3.8) is 0 Å². The molecular weight excluding hydrogens is 372 g/mol. The van der Waals surface area contributed by atoms with Crippen molar-refractivity contribution in [1.29, 1.82) is 0 Å². The monoisotopic (exact) mass is 398 g/mol. The minimum atomic E-state index is -0.934. The summed E-state index contributed by atoms with van der Waals surface area (Å²) in [6, 6.07) is 3.78. The van der Waals surface area contributed by atoms with Gasteiger partial charge in [-0.3, -0.25) is 0 Å². The molecule has 8 nitrogen and oxygen atoms in total. The number of nitrogens with zero attached hydrogens (tertiary/aromatic N) is 4. The van der Waals surface area contributed by atoms with Crippen molar-refractivity contribution in [3.8, 4) is 0 Å². The molecule has 29 heavy (non-hydrogen) atoms. The molecule has 1 aliphatic rings. The Kier molecular flexibility index (Phi) is 5.03. The first-order valence-electron chi connectivity index (χ1n) is 9.58. The molecule has 0 saturated carbocycles. The second-order valence-corrected chi connectivity index (χ2v) is 9.04. The number of aromatic nitrogens is 2. The SMILES string of the molecule is [C-]#[N+]c1c(N(C(=O)OC(C)(C)C)C(=O)OC(C)(C)C)nn2c3c(ccc12)CCC3. The summed E-state index contributed by atoms with van der Waals surface area (Å²) in [5.74, 6) is -0.0798. The van der Waals surface area contributed by atoms with Gasteiger partial charge in [-0.15, -0.1) is 0 Å². The number of pyridine rings is 1. The molecule has 0 spiro atoms. The van der Waals surface area contributed by atoms with Crippen LogP contribution in [0.3, 0.4) is 0 Å². The molecule has 0 unspecified atom stereocenters. The molecule has 0 N–H and O–H groups in total. The molecule has 2 heterocycles. The van der Waals surface area contributed by atoms with Crippen LogP contribution in [0.4, 0.5) is 21.1 Å². The van der Waals surface area contributed by atoms with Crippen LogP contribution in [0.2, 0.25) is 0 Å². The van der Waals surface area contributed by atoms with Crippen LogP contribution in [-0.4, -0.2) is 33.0 Å². The van der Waals surface area contributed by atoms with Gasteiger partial charge in [0, 0.05) is 5.69 Å². The molecule has 3 rings (SSSR count). The molecule has 0 radical (unpaired) electrons. The smallest absolute Gasteiger partial charge is 0.424 e. The van der Waals surface area contributed by atoms with Crippen molar-refractivity contribution in [2.24, 2.45) is 0 Å². The standard InChI is InChI=1S/C21H26N4O4/c1-20(2,3)28-18(26)24(19(27)29-21(4,5)6)17-16(22-7)15-12-11-13-9-8-10-14(13)25(15)23-17/h11-12H,8-10H2,1-6H3. The Labute approximate surface area is 170 Å². The van der Waals surface area contributed by atoms with Gasteiger partial charge >= 0.3 is 12.2 Å². The second-order valence-electron chi connectivity index (χ2n) is 9.04. The van der Waals surface area contributed by atoms with E-state index in [-0.39, 0.29) is 11.5 Å². The Hall–Kier alpha value is -3.08. The van der Waals surface area contributed by atoms with Crippen LogP contribution in [0.1, 0.15) is 59.2 Å². The van der Waals surface area contributed by atoms with Crippen LogP contribution in [-0.2, 0) is 22.3 Å². The lowest BCUT2D eigenvalue weighted by Crippen LogP contribution is -2.44. The van der Waals surface area contributed by atoms with Gasteiger partial charge in [-0.1, -0.05) is 6.07 Å². The van der Waals surface area contributed by atoms with Crippen LogP contribution in [0.5, 0.6) is 0 Å². The molecular formula is C21H26N4O4. The van der Waals surface area contributed by atoms with Crippen molar-refractivity contribution >= 4 is 29.2 Å². The summed E-state index contributed by atoms with van der Waals surface area (Å²) in [7, 11) is 0. The van der Waals surface area contributed by atoms with E-state index in [0.29, 0.717) is 5.52 Å². The highest BCUT2D eigenvalue weighted by Crippen LogP contribution is 2.37. The number of hydrogen-bond acceptors (Lipinski definition) is 5. The van der Waals surface area contributed by atoms with Gasteiger partial charge in [-0.25, -0.2) is 18.9 Å². The molecule has 154 valence electrons. The number of anilines is 1. The highest BCUT2D eigenvalue weighted by Gasteiger charge is 2.37. The van der Waals surface area contributed by atoms with Crippen molar-refractivity contribution in [2.75, 3.05) is 4.90 Å². The van der Waals surface area contributed by atoms with Crippen molar-refractivity contribution in [1.82, 2.24) is 9.61 Å². The molecule has 2 aromatic heterocycles. The van der Waals surface area contributed by atoms with Crippen molar-refractivity contribution < 1.29 is 19.1 Å². The maximum atomic E-state index is 12.9. The topological polar surface area (TPSA) is 77.5 Å². The zero-order valence-corrected chi connectivity index (χ0v) is 17.7. The molecule has 8 heteroatoms. The number of rotatable bonds is 1. The van der Waals surface area contributed by atoms with Crippen LogP contribution in [0.25, 0.3) is 10.4 Å². The van der Waals surface area contributed by atoms with Gasteiger partial charge in [0.1, 0.15) is 11.2 Å². The Balaban J connectivity index is 2.17. The Morgan fingerprint density at radius 3 is 2.17 bits per heavy atom. The van der Waals surface area contributed by atoms with E-state index in [4.69, 9.17) is 16.0 Å². The number of fused-ring (bicyclic) bond motifs is 3. The summed E-state index contributed by atoms with van der Waals surface area (Å²) in [4.78, 5) is 30.1. The lowest BCUT2D eigenvalue weighted by molar-refractivity contribution is 0.0429. The third-order valence-corrected chi connectivity index (χ3v) is 4.28. The van der Waals surface area contributed by atoms with Crippen LogP contribution >= 0.6 is 0 Å². The fourth-order valence-electron chi connectivity index (χ4n) is 3.24. The number of carbonyl (C=O) groups excluding carboxylic acids is 2. The fourth-order valence-corrected chi connectivity index (χ4v) is 3.24. The quantitative estimate of drug-likeness (QED) is 0.628. The number of ether oxygens (including phenoxy) is 2. The summed E-state index contributed by atoms with van der Waals surface area (Å²) < 4.78 is 12.5. The first-order valence-corrected chi connectivity index (χ1v) is 9.58. The largest absolute Gasteiger partial charge is 0.443 e. The predicted octanol–water partition coefficient (Wildman–Crippen LogP) is 5.05. The van der Waals surface area contributed by atoms with Crippen molar-refractivity contribution in [2.45, 2.75) is 72.0 Å². The predicted molar refractivity (Wildman–Crippen MR) is 108 cm³/mol. The summed E-state index contributed by atoms with van der Waals surface area (Å²) in [5.41, 5.74) is 1.13. The number of hydrogen-bond donors (Lipinski definition) is 0. The Morgan fingerprint density at radius 1 is 1.07 bits per heavy atom. The molecule has 1 aliphatic carbocycles. The lowest BCUT2D eigenvalue weighted by atomic mass is 10.2. The zero-order chi connectivity index (χ0) is 21.6. The minimum absolute atomic E-state index is 0.0798. The van der Waals surface area contributed by atoms with E-state index < -0.39 is 23.4 Å². The van der Waals surface area contributed by atoms with Gasteiger partial charge in [-0.2, -0.15) is 10.00 Å². The van der Waals surface area contributed by atoms with E-state index in [1.807, 2.05) is 6.07 Å². The fraction of sp³-hybridized carbons (Fsp3) is 0.524. The Morgan fingerprint density at radius 2 is 1.66 bits per heavy atom. The molecule has 2 amide bonds. The van der Waals surface area contributed by atoms with Gasteiger partial charge in [0.15, 0.2) is 5.82 Å². The number of imide groups is 1. The van der Waals surface area contributed by atoms with E-state index >= 15 is 0 Å². The van der Waals surface area contributed by atoms with Gasteiger partial charge in [0.25, 0.3) is 5.69 Å². The normalized spacial score (nSPS) is 13.7. The summed E-state index contributed by atoms with van der Waals surface area (Å²) in [6.07, 6.45) is 0.895. The molecule has 0 bridgehead atoms. The first kappa shape index (κ1) is 20.6. The maximum absolute atomic E-state index is 12.9. The highest BCUT2D eigenvalue weighted by atomic mass is 16.6. The van der Waals surface area contributed by atoms with E-state index in [1.54, 1.807) is 52.1 Å². The zero-order valence-electron chi connectivity index (χ0n) is 17.7.